The summed E-state index contributed by atoms with van der Waals surface area (Å²) in [5.41, 5.74) is 3.15. The number of rotatable bonds is 6. The quantitative estimate of drug-likeness (QED) is 0.804. The molecule has 24 heavy (non-hydrogen) atoms. The number of carboxylic acid groups (broad SMARTS) is 1. The summed E-state index contributed by atoms with van der Waals surface area (Å²) in [5, 5.41) is 9.21. The standard InChI is InChI=1S/C20H28O3S/c1-18(2,17(21)22)24-14-15-4-6-16(7-5-15)19-8-11-20(23-3,12-9-19)13-10-19/h4-7H,8-14H2,1-3H3,(H,21,22). The first-order valence-electron chi connectivity index (χ1n) is 8.83. The monoisotopic (exact) mass is 348 g/mol. The van der Waals surface area contributed by atoms with Crippen molar-refractivity contribution in [3.05, 3.63) is 35.4 Å². The molecule has 2 bridgehead atoms. The van der Waals surface area contributed by atoms with Gasteiger partial charge in [0.05, 0.1) is 5.60 Å². The number of thioether (sulfide) groups is 1. The van der Waals surface area contributed by atoms with Crippen LogP contribution in [0.4, 0.5) is 0 Å². The Morgan fingerprint density at radius 1 is 1.12 bits per heavy atom. The van der Waals surface area contributed by atoms with Gasteiger partial charge in [0.25, 0.3) is 0 Å². The van der Waals surface area contributed by atoms with Crippen LogP contribution in [0.25, 0.3) is 0 Å². The van der Waals surface area contributed by atoms with Crippen molar-refractivity contribution in [2.45, 2.75) is 73.9 Å². The second-order valence-corrected chi connectivity index (χ2v) is 9.57. The zero-order valence-corrected chi connectivity index (χ0v) is 15.7. The number of benzene rings is 1. The van der Waals surface area contributed by atoms with Crippen LogP contribution < -0.4 is 0 Å². The van der Waals surface area contributed by atoms with Gasteiger partial charge < -0.3 is 9.84 Å². The minimum absolute atomic E-state index is 0.154. The van der Waals surface area contributed by atoms with Crippen molar-refractivity contribution in [3.8, 4) is 0 Å². The fourth-order valence-electron chi connectivity index (χ4n) is 4.17. The average Bonchev–Trinajstić information content (AvgIpc) is 2.62. The number of fused-ring (bicyclic) bond motifs is 3. The summed E-state index contributed by atoms with van der Waals surface area (Å²) >= 11 is 1.48. The van der Waals surface area contributed by atoms with Gasteiger partial charge in [0, 0.05) is 12.9 Å². The predicted molar refractivity (Wildman–Crippen MR) is 98.6 cm³/mol. The predicted octanol–water partition coefficient (Wildman–Crippen LogP) is 4.77. The Morgan fingerprint density at radius 2 is 1.67 bits per heavy atom. The molecule has 0 saturated heterocycles. The Bertz CT molecular complexity index is 581. The number of carbonyl (C=O) groups is 1. The van der Waals surface area contributed by atoms with E-state index in [4.69, 9.17) is 4.74 Å². The molecule has 0 radical (unpaired) electrons. The van der Waals surface area contributed by atoms with Crippen molar-refractivity contribution in [2.75, 3.05) is 7.11 Å². The molecule has 0 aromatic heterocycles. The summed E-state index contributed by atoms with van der Waals surface area (Å²) in [6.45, 7) is 3.53. The molecule has 3 fully saturated rings. The highest BCUT2D eigenvalue weighted by Crippen LogP contribution is 2.54. The van der Waals surface area contributed by atoms with Gasteiger partial charge in [-0.2, -0.15) is 0 Å². The number of methoxy groups -OCH3 is 1. The van der Waals surface area contributed by atoms with E-state index >= 15 is 0 Å². The molecule has 0 heterocycles. The lowest BCUT2D eigenvalue weighted by Crippen LogP contribution is -2.49. The zero-order chi connectivity index (χ0) is 17.4. The van der Waals surface area contributed by atoms with Crippen LogP contribution in [0.3, 0.4) is 0 Å². The van der Waals surface area contributed by atoms with E-state index in [9.17, 15) is 9.90 Å². The first-order chi connectivity index (χ1) is 11.3. The largest absolute Gasteiger partial charge is 0.480 e. The molecule has 0 atom stereocenters. The van der Waals surface area contributed by atoms with E-state index in [1.165, 1.54) is 61.4 Å². The van der Waals surface area contributed by atoms with E-state index in [1.54, 1.807) is 13.8 Å². The van der Waals surface area contributed by atoms with E-state index in [0.29, 0.717) is 5.41 Å². The van der Waals surface area contributed by atoms with Crippen LogP contribution in [0.2, 0.25) is 0 Å². The van der Waals surface area contributed by atoms with Crippen molar-refractivity contribution >= 4 is 17.7 Å². The van der Waals surface area contributed by atoms with E-state index in [1.807, 2.05) is 7.11 Å². The van der Waals surface area contributed by atoms with Crippen molar-refractivity contribution in [2.24, 2.45) is 0 Å². The Hall–Kier alpha value is -1.00. The maximum absolute atomic E-state index is 11.2. The number of hydrogen-bond donors (Lipinski definition) is 1. The summed E-state index contributed by atoms with van der Waals surface area (Å²) < 4.78 is 5.06. The molecule has 4 rings (SSSR count). The van der Waals surface area contributed by atoms with Gasteiger partial charge in [-0.15, -0.1) is 11.8 Å². The number of aliphatic carboxylic acids is 1. The lowest BCUT2D eigenvalue weighted by atomic mass is 9.56. The molecular formula is C20H28O3S. The minimum Gasteiger partial charge on any atom is -0.480 e. The van der Waals surface area contributed by atoms with E-state index in [0.717, 1.165) is 5.75 Å². The average molecular weight is 349 g/mol. The molecule has 0 aliphatic heterocycles. The SMILES string of the molecule is COC12CCC(c3ccc(CSC(C)(C)C(=O)O)cc3)(CC1)CC2. The van der Waals surface area contributed by atoms with Gasteiger partial charge in [-0.1, -0.05) is 24.3 Å². The van der Waals surface area contributed by atoms with Gasteiger partial charge in [-0.05, 0) is 68.9 Å². The molecular weight excluding hydrogens is 320 g/mol. The molecule has 1 aromatic rings. The molecule has 3 aliphatic carbocycles. The highest BCUT2D eigenvalue weighted by molar-refractivity contribution is 8.00. The Labute approximate surface area is 149 Å². The normalized spacial score (nSPS) is 29.6. The summed E-state index contributed by atoms with van der Waals surface area (Å²) in [6, 6.07) is 8.91. The molecule has 132 valence electrons. The third kappa shape index (κ3) is 3.23. The molecule has 3 aliphatic rings. The summed E-state index contributed by atoms with van der Waals surface area (Å²) in [7, 11) is 1.86. The van der Waals surface area contributed by atoms with E-state index < -0.39 is 10.7 Å². The zero-order valence-electron chi connectivity index (χ0n) is 14.9. The second-order valence-electron chi connectivity index (χ2n) is 7.97. The van der Waals surface area contributed by atoms with Crippen molar-refractivity contribution in [1.82, 2.24) is 0 Å². The third-order valence-electron chi connectivity index (χ3n) is 6.29. The fraction of sp³-hybridized carbons (Fsp3) is 0.650. The van der Waals surface area contributed by atoms with E-state index in [-0.39, 0.29) is 5.60 Å². The topological polar surface area (TPSA) is 46.5 Å². The molecule has 0 unspecified atom stereocenters. The maximum Gasteiger partial charge on any atom is 0.319 e. The fourth-order valence-corrected chi connectivity index (χ4v) is 5.01. The van der Waals surface area contributed by atoms with E-state index in [2.05, 4.69) is 24.3 Å². The van der Waals surface area contributed by atoms with Crippen LogP contribution >= 0.6 is 11.8 Å². The van der Waals surface area contributed by atoms with Crippen LogP contribution in [0.5, 0.6) is 0 Å². The highest BCUT2D eigenvalue weighted by atomic mass is 32.2. The summed E-state index contributed by atoms with van der Waals surface area (Å²) in [6.07, 6.45) is 7.19. The van der Waals surface area contributed by atoms with Crippen LogP contribution in [0.1, 0.15) is 63.5 Å². The Morgan fingerprint density at radius 3 is 2.12 bits per heavy atom. The van der Waals surface area contributed by atoms with Gasteiger partial charge in [0.15, 0.2) is 0 Å². The lowest BCUT2D eigenvalue weighted by Gasteiger charge is -2.53. The second kappa shape index (κ2) is 6.38. The smallest absolute Gasteiger partial charge is 0.319 e. The molecule has 0 spiro atoms. The van der Waals surface area contributed by atoms with Crippen LogP contribution in [-0.4, -0.2) is 28.5 Å². The van der Waals surface area contributed by atoms with Crippen LogP contribution in [-0.2, 0) is 20.7 Å². The molecule has 1 aromatic carbocycles. The van der Waals surface area contributed by atoms with Gasteiger partial charge in [0.2, 0.25) is 0 Å². The Balaban J connectivity index is 1.66. The van der Waals surface area contributed by atoms with Gasteiger partial charge in [0.1, 0.15) is 4.75 Å². The van der Waals surface area contributed by atoms with Gasteiger partial charge >= 0.3 is 5.97 Å². The van der Waals surface area contributed by atoms with Crippen molar-refractivity contribution in [3.63, 3.8) is 0 Å². The molecule has 3 nitrogen and oxygen atoms in total. The van der Waals surface area contributed by atoms with Crippen LogP contribution in [0.15, 0.2) is 24.3 Å². The first-order valence-corrected chi connectivity index (χ1v) is 9.81. The number of ether oxygens (including phenoxy) is 1. The maximum atomic E-state index is 11.2. The molecule has 3 saturated carbocycles. The van der Waals surface area contributed by atoms with Gasteiger partial charge in [-0.25, -0.2) is 0 Å². The van der Waals surface area contributed by atoms with Crippen LogP contribution in [0, 0.1) is 0 Å². The number of carboxylic acids is 1. The highest BCUT2D eigenvalue weighted by Gasteiger charge is 2.49. The first kappa shape index (κ1) is 17.8. The third-order valence-corrected chi connectivity index (χ3v) is 7.67. The van der Waals surface area contributed by atoms with Gasteiger partial charge in [-0.3, -0.25) is 4.79 Å². The lowest BCUT2D eigenvalue weighted by molar-refractivity contribution is -0.138. The summed E-state index contributed by atoms with van der Waals surface area (Å²) in [5.74, 6) is -0.0200. The molecule has 1 N–H and O–H groups in total. The van der Waals surface area contributed by atoms with Crippen molar-refractivity contribution < 1.29 is 14.6 Å². The Kier molecular flexibility index (Phi) is 4.73. The molecule has 4 heteroatoms. The summed E-state index contributed by atoms with van der Waals surface area (Å²) in [4.78, 5) is 11.2. The van der Waals surface area contributed by atoms with Crippen molar-refractivity contribution in [1.29, 1.82) is 0 Å². The molecule has 0 amide bonds. The minimum atomic E-state index is -0.756. The number of hydrogen-bond acceptors (Lipinski definition) is 3.